The van der Waals surface area contributed by atoms with E-state index in [-0.39, 0.29) is 12.5 Å². The SMILES string of the molecule is COc1ccccc1NCC(=O)NNC(=O)c1ccc(-n2nccc2C)cc1. The molecule has 144 valence electrons. The molecule has 0 radical (unpaired) electrons. The molecule has 1 aromatic heterocycles. The van der Waals surface area contributed by atoms with Gasteiger partial charge < -0.3 is 10.1 Å². The van der Waals surface area contributed by atoms with Crippen LogP contribution in [-0.4, -0.2) is 35.2 Å². The highest BCUT2D eigenvalue weighted by atomic mass is 16.5. The van der Waals surface area contributed by atoms with Crippen LogP contribution in [0, 0.1) is 6.92 Å². The summed E-state index contributed by atoms with van der Waals surface area (Å²) >= 11 is 0. The van der Waals surface area contributed by atoms with Gasteiger partial charge in [-0.25, -0.2) is 4.68 Å². The maximum Gasteiger partial charge on any atom is 0.269 e. The van der Waals surface area contributed by atoms with Crippen LogP contribution < -0.4 is 20.9 Å². The van der Waals surface area contributed by atoms with Crippen molar-refractivity contribution in [2.45, 2.75) is 6.92 Å². The lowest BCUT2D eigenvalue weighted by Gasteiger charge is -2.12. The second-order valence-electron chi connectivity index (χ2n) is 5.99. The number of benzene rings is 2. The Hall–Kier alpha value is -3.81. The van der Waals surface area contributed by atoms with E-state index in [0.29, 0.717) is 17.0 Å². The molecule has 3 N–H and O–H groups in total. The molecule has 0 saturated heterocycles. The summed E-state index contributed by atoms with van der Waals surface area (Å²) < 4.78 is 6.98. The van der Waals surface area contributed by atoms with Gasteiger partial charge in [-0.05, 0) is 49.4 Å². The van der Waals surface area contributed by atoms with Gasteiger partial charge in [-0.15, -0.1) is 0 Å². The van der Waals surface area contributed by atoms with Crippen LogP contribution in [0.1, 0.15) is 16.1 Å². The fraction of sp³-hybridized carbons (Fsp3) is 0.150. The second kappa shape index (κ2) is 8.72. The molecule has 8 heteroatoms. The van der Waals surface area contributed by atoms with Crippen LogP contribution in [0.5, 0.6) is 5.75 Å². The molecule has 0 bridgehead atoms. The van der Waals surface area contributed by atoms with E-state index in [1.807, 2.05) is 25.1 Å². The van der Waals surface area contributed by atoms with Crippen LogP contribution in [0.4, 0.5) is 5.69 Å². The van der Waals surface area contributed by atoms with Crippen molar-refractivity contribution < 1.29 is 14.3 Å². The molecule has 0 aliphatic carbocycles. The van der Waals surface area contributed by atoms with Gasteiger partial charge in [0.25, 0.3) is 11.8 Å². The van der Waals surface area contributed by atoms with Crippen LogP contribution in [0.3, 0.4) is 0 Å². The zero-order valence-electron chi connectivity index (χ0n) is 15.6. The van der Waals surface area contributed by atoms with E-state index in [1.54, 1.807) is 54.4 Å². The summed E-state index contributed by atoms with van der Waals surface area (Å²) in [6.07, 6.45) is 1.71. The van der Waals surface area contributed by atoms with Gasteiger partial charge in [0.05, 0.1) is 25.0 Å². The minimum atomic E-state index is -0.408. The van der Waals surface area contributed by atoms with Crippen molar-refractivity contribution in [3.8, 4) is 11.4 Å². The van der Waals surface area contributed by atoms with Gasteiger partial charge >= 0.3 is 0 Å². The Kier molecular flexibility index (Phi) is 5.91. The molecule has 1 heterocycles. The molecule has 3 aromatic rings. The summed E-state index contributed by atoms with van der Waals surface area (Å²) in [6, 6.07) is 16.1. The number of carbonyl (C=O) groups excluding carboxylic acids is 2. The van der Waals surface area contributed by atoms with E-state index < -0.39 is 5.91 Å². The minimum absolute atomic E-state index is 0.0157. The highest BCUT2D eigenvalue weighted by Crippen LogP contribution is 2.22. The van der Waals surface area contributed by atoms with E-state index in [0.717, 1.165) is 11.4 Å². The summed E-state index contributed by atoms with van der Waals surface area (Å²) in [7, 11) is 1.56. The van der Waals surface area contributed by atoms with E-state index >= 15 is 0 Å². The van der Waals surface area contributed by atoms with Gasteiger partial charge in [0.1, 0.15) is 5.75 Å². The number of hydrazine groups is 1. The highest BCUT2D eigenvalue weighted by molar-refractivity contribution is 5.95. The molecule has 28 heavy (non-hydrogen) atoms. The summed E-state index contributed by atoms with van der Waals surface area (Å²) in [5.41, 5.74) is 7.73. The molecule has 2 amide bonds. The first-order valence-electron chi connectivity index (χ1n) is 8.65. The first-order chi connectivity index (χ1) is 13.6. The Bertz CT molecular complexity index is 966. The molecule has 0 atom stereocenters. The highest BCUT2D eigenvalue weighted by Gasteiger charge is 2.09. The van der Waals surface area contributed by atoms with E-state index in [4.69, 9.17) is 4.74 Å². The third kappa shape index (κ3) is 4.47. The number of carbonyl (C=O) groups is 2. The molecule has 0 aliphatic rings. The Balaban J connectivity index is 1.51. The number of ether oxygens (including phenoxy) is 1. The molecule has 0 fully saturated rings. The summed E-state index contributed by atoms with van der Waals surface area (Å²) in [5, 5.41) is 7.18. The molecule has 0 aliphatic heterocycles. The third-order valence-corrected chi connectivity index (χ3v) is 4.07. The van der Waals surface area contributed by atoms with Crippen molar-refractivity contribution in [2.75, 3.05) is 19.0 Å². The molecule has 0 saturated carbocycles. The maximum atomic E-state index is 12.2. The van der Waals surface area contributed by atoms with Crippen molar-refractivity contribution in [2.24, 2.45) is 0 Å². The molecular formula is C20H21N5O3. The van der Waals surface area contributed by atoms with Gasteiger partial charge in [-0.3, -0.25) is 20.4 Å². The first kappa shape index (κ1) is 19.0. The van der Waals surface area contributed by atoms with E-state index in [2.05, 4.69) is 21.3 Å². The maximum absolute atomic E-state index is 12.2. The number of amides is 2. The number of nitrogens with one attached hydrogen (secondary N) is 3. The fourth-order valence-corrected chi connectivity index (χ4v) is 2.60. The van der Waals surface area contributed by atoms with Crippen LogP contribution >= 0.6 is 0 Å². The largest absolute Gasteiger partial charge is 0.495 e. The average Bonchev–Trinajstić information content (AvgIpc) is 3.16. The second-order valence-corrected chi connectivity index (χ2v) is 5.99. The van der Waals surface area contributed by atoms with E-state index in [9.17, 15) is 9.59 Å². The normalized spacial score (nSPS) is 10.2. The number of nitrogens with zero attached hydrogens (tertiary/aromatic N) is 2. The number of hydrogen-bond acceptors (Lipinski definition) is 5. The Morgan fingerprint density at radius 1 is 1.04 bits per heavy atom. The standard InChI is InChI=1S/C20H21N5O3/c1-14-11-12-22-25(14)16-9-7-15(8-10-16)20(27)24-23-19(26)13-21-17-5-3-4-6-18(17)28-2/h3-12,21H,13H2,1-2H3,(H,23,26)(H,24,27). The Labute approximate surface area is 162 Å². The zero-order chi connectivity index (χ0) is 19.9. The summed E-state index contributed by atoms with van der Waals surface area (Å²) in [5.74, 6) is -0.163. The summed E-state index contributed by atoms with van der Waals surface area (Å²) in [6.45, 7) is 1.93. The van der Waals surface area contributed by atoms with Crippen molar-refractivity contribution in [3.05, 3.63) is 72.1 Å². The third-order valence-electron chi connectivity index (χ3n) is 4.07. The van der Waals surface area contributed by atoms with Crippen LogP contribution in [0.2, 0.25) is 0 Å². The first-order valence-corrected chi connectivity index (χ1v) is 8.65. The fourth-order valence-electron chi connectivity index (χ4n) is 2.60. The predicted octanol–water partition coefficient (Wildman–Crippen LogP) is 2.06. The zero-order valence-corrected chi connectivity index (χ0v) is 15.6. The predicted molar refractivity (Wildman–Crippen MR) is 105 cm³/mol. The number of aryl methyl sites for hydroxylation is 1. The smallest absolute Gasteiger partial charge is 0.269 e. The molecule has 0 spiro atoms. The Morgan fingerprint density at radius 3 is 2.46 bits per heavy atom. The molecule has 2 aromatic carbocycles. The van der Waals surface area contributed by atoms with Gasteiger partial charge in [-0.1, -0.05) is 12.1 Å². The van der Waals surface area contributed by atoms with Crippen LogP contribution in [0.15, 0.2) is 60.8 Å². The minimum Gasteiger partial charge on any atom is -0.495 e. The van der Waals surface area contributed by atoms with Crippen molar-refractivity contribution in [1.29, 1.82) is 0 Å². The monoisotopic (exact) mass is 379 g/mol. The van der Waals surface area contributed by atoms with Crippen molar-refractivity contribution in [3.63, 3.8) is 0 Å². The van der Waals surface area contributed by atoms with Crippen LogP contribution in [-0.2, 0) is 4.79 Å². The number of para-hydroxylation sites is 2. The lowest BCUT2D eigenvalue weighted by atomic mass is 10.2. The lowest BCUT2D eigenvalue weighted by molar-refractivity contribution is -0.120. The summed E-state index contributed by atoms with van der Waals surface area (Å²) in [4.78, 5) is 24.2. The number of methoxy groups -OCH3 is 1. The number of aromatic nitrogens is 2. The lowest BCUT2D eigenvalue weighted by Crippen LogP contribution is -2.44. The molecule has 8 nitrogen and oxygen atoms in total. The topological polar surface area (TPSA) is 97.3 Å². The van der Waals surface area contributed by atoms with Gasteiger partial charge in [-0.2, -0.15) is 5.10 Å². The molecular weight excluding hydrogens is 358 g/mol. The Morgan fingerprint density at radius 2 is 1.79 bits per heavy atom. The van der Waals surface area contributed by atoms with Crippen molar-refractivity contribution in [1.82, 2.24) is 20.6 Å². The number of rotatable bonds is 6. The molecule has 3 rings (SSSR count). The van der Waals surface area contributed by atoms with E-state index in [1.165, 1.54) is 0 Å². The number of anilines is 1. The average molecular weight is 379 g/mol. The van der Waals surface area contributed by atoms with Crippen LogP contribution in [0.25, 0.3) is 5.69 Å². The van der Waals surface area contributed by atoms with Gasteiger partial charge in [0, 0.05) is 17.5 Å². The number of hydrogen-bond donors (Lipinski definition) is 3. The quantitative estimate of drug-likeness (QED) is 0.570. The molecule has 0 unspecified atom stereocenters. The van der Waals surface area contributed by atoms with Gasteiger partial charge in [0.2, 0.25) is 0 Å². The van der Waals surface area contributed by atoms with Gasteiger partial charge in [0.15, 0.2) is 0 Å². The van der Waals surface area contributed by atoms with Crippen molar-refractivity contribution >= 4 is 17.5 Å².